The summed E-state index contributed by atoms with van der Waals surface area (Å²) >= 11 is 0. The van der Waals surface area contributed by atoms with Crippen molar-refractivity contribution in [2.45, 2.75) is 13.5 Å². The maximum atomic E-state index is 9.82. The van der Waals surface area contributed by atoms with Gasteiger partial charge in [0.15, 0.2) is 5.82 Å². The first-order chi connectivity index (χ1) is 11.1. The lowest BCUT2D eigenvalue weighted by Gasteiger charge is -2.17. The van der Waals surface area contributed by atoms with Gasteiger partial charge in [-0.15, -0.1) is 0 Å². The van der Waals surface area contributed by atoms with Gasteiger partial charge in [0.1, 0.15) is 0 Å². The van der Waals surface area contributed by atoms with E-state index < -0.39 is 0 Å². The van der Waals surface area contributed by atoms with Crippen molar-refractivity contribution in [1.82, 2.24) is 15.0 Å². The Kier molecular flexibility index (Phi) is 4.16. The van der Waals surface area contributed by atoms with Crippen molar-refractivity contribution in [2.75, 3.05) is 5.01 Å². The molecule has 0 aliphatic heterocycles. The molecule has 0 atom stereocenters. The van der Waals surface area contributed by atoms with Gasteiger partial charge in [0.05, 0.1) is 6.54 Å². The normalized spacial score (nSPS) is 10.5. The topological polar surface area (TPSA) is 88.2 Å². The molecule has 0 spiro atoms. The highest BCUT2D eigenvalue weighted by atomic mass is 16.3. The molecular weight excluding hydrogens is 290 g/mol. The number of aromatic nitrogens is 3. The minimum atomic E-state index is -0.350. The Labute approximate surface area is 134 Å². The number of hydrogen-bond donors (Lipinski definition) is 2. The molecule has 0 radical (unpaired) electrons. The number of rotatable bonds is 4. The zero-order valence-corrected chi connectivity index (χ0v) is 12.7. The standard InChI is InChI=1S/C17H17N5O/c1-12-7-5-6-10-14(12)15-19-16(21-17(23)20-15)22(18)11-13-8-3-2-4-9-13/h2-10H,11,18H2,1H3,(H,19,20,21,23). The van der Waals surface area contributed by atoms with Gasteiger partial charge in [0, 0.05) is 5.56 Å². The highest BCUT2D eigenvalue weighted by Gasteiger charge is 2.13. The number of aromatic hydroxyl groups is 1. The van der Waals surface area contributed by atoms with Crippen molar-refractivity contribution in [3.63, 3.8) is 0 Å². The third-order valence-electron chi connectivity index (χ3n) is 3.45. The molecule has 1 aromatic heterocycles. The predicted molar refractivity (Wildman–Crippen MR) is 88.5 cm³/mol. The van der Waals surface area contributed by atoms with Crippen LogP contribution in [0, 0.1) is 6.92 Å². The molecule has 3 N–H and O–H groups in total. The lowest BCUT2D eigenvalue weighted by atomic mass is 10.1. The van der Waals surface area contributed by atoms with E-state index in [2.05, 4.69) is 15.0 Å². The van der Waals surface area contributed by atoms with Crippen molar-refractivity contribution in [1.29, 1.82) is 0 Å². The Balaban J connectivity index is 1.93. The van der Waals surface area contributed by atoms with E-state index in [0.29, 0.717) is 12.4 Å². The van der Waals surface area contributed by atoms with E-state index >= 15 is 0 Å². The van der Waals surface area contributed by atoms with Crippen LogP contribution >= 0.6 is 0 Å². The number of nitrogens with two attached hydrogens (primary N) is 1. The number of hydrogen-bond acceptors (Lipinski definition) is 6. The van der Waals surface area contributed by atoms with Crippen molar-refractivity contribution >= 4 is 5.95 Å². The Bertz CT molecular complexity index is 807. The fourth-order valence-electron chi connectivity index (χ4n) is 2.28. The second-order valence-corrected chi connectivity index (χ2v) is 5.19. The van der Waals surface area contributed by atoms with Crippen molar-refractivity contribution in [2.24, 2.45) is 5.84 Å². The van der Waals surface area contributed by atoms with Gasteiger partial charge >= 0.3 is 6.01 Å². The summed E-state index contributed by atoms with van der Waals surface area (Å²) in [6, 6.07) is 17.1. The van der Waals surface area contributed by atoms with E-state index in [-0.39, 0.29) is 12.0 Å². The van der Waals surface area contributed by atoms with Gasteiger partial charge < -0.3 is 5.11 Å². The van der Waals surface area contributed by atoms with Gasteiger partial charge in [0.25, 0.3) is 0 Å². The summed E-state index contributed by atoms with van der Waals surface area (Å²) in [4.78, 5) is 12.3. The number of anilines is 1. The minimum Gasteiger partial charge on any atom is -0.479 e. The summed E-state index contributed by atoms with van der Waals surface area (Å²) in [5.74, 6) is 6.67. The van der Waals surface area contributed by atoms with Gasteiger partial charge in [-0.3, -0.25) is 5.01 Å². The van der Waals surface area contributed by atoms with Crippen LogP contribution in [0.15, 0.2) is 54.6 Å². The summed E-state index contributed by atoms with van der Waals surface area (Å²) in [7, 11) is 0. The molecule has 0 saturated heterocycles. The molecule has 0 amide bonds. The molecule has 6 nitrogen and oxygen atoms in total. The third-order valence-corrected chi connectivity index (χ3v) is 3.45. The molecule has 0 saturated carbocycles. The van der Waals surface area contributed by atoms with Crippen LogP contribution in [0.1, 0.15) is 11.1 Å². The maximum absolute atomic E-state index is 9.82. The molecule has 3 rings (SSSR count). The first kappa shape index (κ1) is 14.9. The van der Waals surface area contributed by atoms with E-state index in [9.17, 15) is 5.11 Å². The summed E-state index contributed by atoms with van der Waals surface area (Å²) in [5.41, 5.74) is 2.86. The molecule has 23 heavy (non-hydrogen) atoms. The zero-order valence-electron chi connectivity index (χ0n) is 12.7. The van der Waals surface area contributed by atoms with Gasteiger partial charge in [-0.1, -0.05) is 54.6 Å². The third kappa shape index (κ3) is 3.44. The predicted octanol–water partition coefficient (Wildman–Crippen LogP) is 2.43. The van der Waals surface area contributed by atoms with Crippen LogP contribution in [-0.2, 0) is 6.54 Å². The van der Waals surface area contributed by atoms with Crippen molar-refractivity contribution < 1.29 is 5.11 Å². The Hall–Kier alpha value is -2.99. The summed E-state index contributed by atoms with van der Waals surface area (Å²) < 4.78 is 0. The lowest BCUT2D eigenvalue weighted by molar-refractivity contribution is 0.428. The highest BCUT2D eigenvalue weighted by Crippen LogP contribution is 2.22. The second kappa shape index (κ2) is 6.41. The molecule has 0 unspecified atom stereocenters. The van der Waals surface area contributed by atoms with Crippen LogP contribution < -0.4 is 10.9 Å². The van der Waals surface area contributed by atoms with Crippen LogP contribution in [0.2, 0.25) is 0 Å². The largest absolute Gasteiger partial charge is 0.479 e. The number of benzene rings is 2. The molecule has 2 aromatic carbocycles. The second-order valence-electron chi connectivity index (χ2n) is 5.19. The molecule has 0 bridgehead atoms. The van der Waals surface area contributed by atoms with Crippen LogP contribution in [-0.4, -0.2) is 20.1 Å². The highest BCUT2D eigenvalue weighted by molar-refractivity contribution is 5.61. The minimum absolute atomic E-state index is 0.222. The first-order valence-electron chi connectivity index (χ1n) is 7.20. The van der Waals surface area contributed by atoms with Gasteiger partial charge in [-0.2, -0.15) is 15.0 Å². The average Bonchev–Trinajstić information content (AvgIpc) is 2.55. The lowest BCUT2D eigenvalue weighted by Crippen LogP contribution is -2.32. The zero-order chi connectivity index (χ0) is 16.2. The van der Waals surface area contributed by atoms with E-state index in [4.69, 9.17) is 5.84 Å². The number of aryl methyl sites for hydroxylation is 1. The fourth-order valence-corrected chi connectivity index (χ4v) is 2.28. The quantitative estimate of drug-likeness (QED) is 0.568. The Morgan fingerprint density at radius 2 is 1.65 bits per heavy atom. The van der Waals surface area contributed by atoms with E-state index in [1.165, 1.54) is 5.01 Å². The fraction of sp³-hybridized carbons (Fsp3) is 0.118. The van der Waals surface area contributed by atoms with Crippen LogP contribution in [0.3, 0.4) is 0 Å². The number of hydrazine groups is 1. The first-order valence-corrected chi connectivity index (χ1v) is 7.20. The van der Waals surface area contributed by atoms with Gasteiger partial charge in [-0.25, -0.2) is 5.84 Å². The SMILES string of the molecule is Cc1ccccc1-c1nc(O)nc(N(N)Cc2ccccc2)n1. The van der Waals surface area contributed by atoms with Gasteiger partial charge in [0.2, 0.25) is 5.95 Å². The van der Waals surface area contributed by atoms with Crippen LogP contribution in [0.25, 0.3) is 11.4 Å². The monoisotopic (exact) mass is 307 g/mol. The van der Waals surface area contributed by atoms with E-state index in [1.54, 1.807) is 0 Å². The molecule has 0 fully saturated rings. The summed E-state index contributed by atoms with van der Waals surface area (Å²) in [5, 5.41) is 11.2. The van der Waals surface area contributed by atoms with Gasteiger partial charge in [-0.05, 0) is 18.1 Å². The van der Waals surface area contributed by atoms with Crippen LogP contribution in [0.5, 0.6) is 6.01 Å². The molecule has 116 valence electrons. The molecule has 3 aromatic rings. The molecule has 6 heteroatoms. The molecule has 0 aliphatic carbocycles. The molecule has 1 heterocycles. The molecular formula is C17H17N5O. The maximum Gasteiger partial charge on any atom is 0.319 e. The Morgan fingerprint density at radius 1 is 0.957 bits per heavy atom. The Morgan fingerprint density at radius 3 is 2.39 bits per heavy atom. The summed E-state index contributed by atoms with van der Waals surface area (Å²) in [6.45, 7) is 2.39. The smallest absolute Gasteiger partial charge is 0.319 e. The van der Waals surface area contributed by atoms with E-state index in [0.717, 1.165) is 16.7 Å². The summed E-state index contributed by atoms with van der Waals surface area (Å²) in [6.07, 6.45) is 0. The average molecular weight is 307 g/mol. The van der Waals surface area contributed by atoms with Crippen molar-refractivity contribution in [3.8, 4) is 17.4 Å². The van der Waals surface area contributed by atoms with Crippen molar-refractivity contribution in [3.05, 3.63) is 65.7 Å². The molecule has 0 aliphatic rings. The van der Waals surface area contributed by atoms with Crippen LogP contribution in [0.4, 0.5) is 5.95 Å². The van der Waals surface area contributed by atoms with E-state index in [1.807, 2.05) is 61.5 Å². The number of nitrogens with zero attached hydrogens (tertiary/aromatic N) is 4.